The second kappa shape index (κ2) is 8.92. The molecule has 0 aliphatic carbocycles. The molecule has 0 saturated heterocycles. The Morgan fingerprint density at radius 3 is 2.40 bits per heavy atom. The highest BCUT2D eigenvalue weighted by Gasteiger charge is 1.86. The molecular formula is C8H17O2. The Balaban J connectivity index is 2.65. The highest BCUT2D eigenvalue weighted by Crippen LogP contribution is 1.85. The maximum atomic E-state index is 5.19. The van der Waals surface area contributed by atoms with Gasteiger partial charge in [0.2, 0.25) is 0 Å². The summed E-state index contributed by atoms with van der Waals surface area (Å²) in [5.74, 6) is 0. The van der Waals surface area contributed by atoms with Gasteiger partial charge in [-0.1, -0.05) is 6.92 Å². The molecule has 0 heterocycles. The summed E-state index contributed by atoms with van der Waals surface area (Å²) in [6, 6.07) is 0. The van der Waals surface area contributed by atoms with Gasteiger partial charge in [0.25, 0.3) is 0 Å². The minimum atomic E-state index is 0.770. The van der Waals surface area contributed by atoms with Crippen molar-refractivity contribution in [2.45, 2.75) is 19.8 Å². The zero-order chi connectivity index (χ0) is 7.66. The van der Waals surface area contributed by atoms with Crippen molar-refractivity contribution in [2.24, 2.45) is 0 Å². The lowest BCUT2D eigenvalue weighted by Crippen LogP contribution is -2.01. The lowest BCUT2D eigenvalue weighted by molar-refractivity contribution is 0.0899. The van der Waals surface area contributed by atoms with Gasteiger partial charge in [-0.3, -0.25) is 0 Å². The predicted octanol–water partition coefficient (Wildman–Crippen LogP) is 1.65. The number of rotatable bonds is 7. The maximum Gasteiger partial charge on any atom is 0.0487 e. The van der Waals surface area contributed by atoms with Gasteiger partial charge >= 0.3 is 0 Å². The van der Waals surface area contributed by atoms with Crippen LogP contribution in [0.25, 0.3) is 0 Å². The van der Waals surface area contributed by atoms with Crippen LogP contribution in [0.1, 0.15) is 19.8 Å². The average molecular weight is 145 g/mol. The molecule has 0 aromatic carbocycles. The first-order valence-corrected chi connectivity index (χ1v) is 3.86. The van der Waals surface area contributed by atoms with Gasteiger partial charge in [-0.05, 0) is 19.8 Å². The van der Waals surface area contributed by atoms with Crippen molar-refractivity contribution in [1.29, 1.82) is 0 Å². The Morgan fingerprint density at radius 1 is 1.10 bits per heavy atom. The van der Waals surface area contributed by atoms with Gasteiger partial charge in [0.1, 0.15) is 0 Å². The fourth-order valence-electron chi connectivity index (χ4n) is 0.612. The summed E-state index contributed by atoms with van der Waals surface area (Å²) >= 11 is 0. The quantitative estimate of drug-likeness (QED) is 0.507. The van der Waals surface area contributed by atoms with Gasteiger partial charge in [0.15, 0.2) is 0 Å². The Morgan fingerprint density at radius 2 is 1.80 bits per heavy atom. The third kappa shape index (κ3) is 7.92. The largest absolute Gasteiger partial charge is 0.382 e. The van der Waals surface area contributed by atoms with Crippen LogP contribution in [-0.4, -0.2) is 26.4 Å². The van der Waals surface area contributed by atoms with E-state index in [1.807, 2.05) is 6.92 Å². The highest BCUT2D eigenvalue weighted by molar-refractivity contribution is 4.37. The van der Waals surface area contributed by atoms with E-state index in [1.165, 1.54) is 0 Å². The van der Waals surface area contributed by atoms with Crippen LogP contribution < -0.4 is 0 Å². The normalized spacial score (nSPS) is 10.2. The van der Waals surface area contributed by atoms with E-state index in [2.05, 4.69) is 6.92 Å². The maximum absolute atomic E-state index is 5.19. The molecule has 2 nitrogen and oxygen atoms in total. The molecule has 1 radical (unpaired) electrons. The summed E-state index contributed by atoms with van der Waals surface area (Å²) in [5, 5.41) is 0. The summed E-state index contributed by atoms with van der Waals surface area (Å²) in [5.41, 5.74) is 0. The molecule has 0 N–H and O–H groups in total. The fourth-order valence-corrected chi connectivity index (χ4v) is 0.612. The molecule has 0 atom stereocenters. The summed E-state index contributed by atoms with van der Waals surface area (Å²) in [6.07, 6.45) is 1.85. The molecule has 2 heteroatoms. The van der Waals surface area contributed by atoms with Gasteiger partial charge in [-0.2, -0.15) is 0 Å². The molecule has 0 rings (SSSR count). The second-order valence-corrected chi connectivity index (χ2v) is 2.02. The van der Waals surface area contributed by atoms with Crippen molar-refractivity contribution in [2.75, 3.05) is 26.4 Å². The molecule has 0 saturated carbocycles. The number of ether oxygens (including phenoxy) is 2. The summed E-state index contributed by atoms with van der Waals surface area (Å²) in [7, 11) is 0. The van der Waals surface area contributed by atoms with E-state index in [1.54, 1.807) is 0 Å². The van der Waals surface area contributed by atoms with E-state index in [0.29, 0.717) is 0 Å². The second-order valence-electron chi connectivity index (χ2n) is 2.02. The van der Waals surface area contributed by atoms with E-state index in [-0.39, 0.29) is 0 Å². The van der Waals surface area contributed by atoms with Crippen LogP contribution in [0.3, 0.4) is 0 Å². The van der Waals surface area contributed by atoms with Crippen molar-refractivity contribution in [3.05, 3.63) is 6.92 Å². The Hall–Kier alpha value is -0.0800. The predicted molar refractivity (Wildman–Crippen MR) is 41.9 cm³/mol. The van der Waals surface area contributed by atoms with Crippen molar-refractivity contribution in [3.63, 3.8) is 0 Å². The van der Waals surface area contributed by atoms with E-state index in [4.69, 9.17) is 9.47 Å². The standard InChI is InChI=1S/C8H17O2/c1-3-6-10-8-5-7-9-4-2/h1,3-8H2,2H3. The zero-order valence-electron chi connectivity index (χ0n) is 6.77. The molecule has 0 fully saturated rings. The first-order valence-electron chi connectivity index (χ1n) is 3.86. The van der Waals surface area contributed by atoms with Crippen molar-refractivity contribution in [1.82, 2.24) is 0 Å². The summed E-state index contributed by atoms with van der Waals surface area (Å²) < 4.78 is 10.3. The monoisotopic (exact) mass is 145 g/mol. The first-order chi connectivity index (χ1) is 4.91. The van der Waals surface area contributed by atoms with Crippen LogP contribution in [0.2, 0.25) is 0 Å². The average Bonchev–Trinajstić information content (AvgIpc) is 1.97. The summed E-state index contributed by atoms with van der Waals surface area (Å²) in [4.78, 5) is 0. The molecular weight excluding hydrogens is 128 g/mol. The third-order valence-electron chi connectivity index (χ3n) is 1.07. The summed E-state index contributed by atoms with van der Waals surface area (Å²) in [6.45, 7) is 8.85. The Labute approximate surface area is 63.5 Å². The molecule has 0 aliphatic rings. The Bertz CT molecular complexity index is 47.2. The molecule has 0 aliphatic heterocycles. The van der Waals surface area contributed by atoms with Gasteiger partial charge in [-0.15, -0.1) is 0 Å². The minimum Gasteiger partial charge on any atom is -0.382 e. The Kier molecular flexibility index (Phi) is 8.85. The molecule has 61 valence electrons. The van der Waals surface area contributed by atoms with Crippen LogP contribution in [0.5, 0.6) is 0 Å². The number of hydrogen-bond donors (Lipinski definition) is 0. The fraction of sp³-hybridized carbons (Fsp3) is 0.875. The van der Waals surface area contributed by atoms with Crippen LogP contribution >= 0.6 is 0 Å². The number of hydrogen-bond acceptors (Lipinski definition) is 2. The SMILES string of the molecule is [CH2]CCOCCCOCC. The van der Waals surface area contributed by atoms with E-state index in [0.717, 1.165) is 39.3 Å². The van der Waals surface area contributed by atoms with E-state index in [9.17, 15) is 0 Å². The van der Waals surface area contributed by atoms with E-state index >= 15 is 0 Å². The van der Waals surface area contributed by atoms with Crippen LogP contribution in [-0.2, 0) is 9.47 Å². The molecule has 0 spiro atoms. The first kappa shape index (κ1) is 9.92. The van der Waals surface area contributed by atoms with E-state index < -0.39 is 0 Å². The zero-order valence-corrected chi connectivity index (χ0v) is 6.77. The lowest BCUT2D eigenvalue weighted by atomic mass is 10.5. The van der Waals surface area contributed by atoms with Crippen molar-refractivity contribution in [3.8, 4) is 0 Å². The molecule has 0 unspecified atom stereocenters. The van der Waals surface area contributed by atoms with Gasteiger partial charge in [0.05, 0.1) is 0 Å². The van der Waals surface area contributed by atoms with Gasteiger partial charge in [-0.25, -0.2) is 0 Å². The van der Waals surface area contributed by atoms with Gasteiger partial charge in [0, 0.05) is 26.4 Å². The molecule has 0 aromatic heterocycles. The molecule has 0 amide bonds. The van der Waals surface area contributed by atoms with Crippen LogP contribution in [0, 0.1) is 6.92 Å². The molecule has 0 aromatic rings. The van der Waals surface area contributed by atoms with Crippen molar-refractivity contribution < 1.29 is 9.47 Å². The third-order valence-corrected chi connectivity index (χ3v) is 1.07. The van der Waals surface area contributed by atoms with Crippen LogP contribution in [0.15, 0.2) is 0 Å². The van der Waals surface area contributed by atoms with Crippen molar-refractivity contribution >= 4 is 0 Å². The topological polar surface area (TPSA) is 18.5 Å². The highest BCUT2D eigenvalue weighted by atomic mass is 16.5. The van der Waals surface area contributed by atoms with Gasteiger partial charge < -0.3 is 9.47 Å². The lowest BCUT2D eigenvalue weighted by Gasteiger charge is -2.01. The van der Waals surface area contributed by atoms with Crippen LogP contribution in [0.4, 0.5) is 0 Å². The minimum absolute atomic E-state index is 0.770. The molecule has 0 bridgehead atoms. The molecule has 10 heavy (non-hydrogen) atoms. The smallest absolute Gasteiger partial charge is 0.0487 e.